The summed E-state index contributed by atoms with van der Waals surface area (Å²) in [6.07, 6.45) is 0. The minimum atomic E-state index is -1.00. The molecule has 2 rings (SSSR count). The van der Waals surface area contributed by atoms with Crippen LogP contribution in [0.1, 0.15) is 20.7 Å². The lowest BCUT2D eigenvalue weighted by Gasteiger charge is -2.05. The molecule has 0 aliphatic rings. The first-order valence-corrected chi connectivity index (χ1v) is 8.04. The number of rotatable bonds is 6. The fraction of sp³-hybridized carbons (Fsp3) is 0.222. The van der Waals surface area contributed by atoms with Crippen molar-refractivity contribution in [2.45, 2.75) is 0 Å². The standard InChI is InChI=1S/2C9H10O4.Al.H2O/c2*1-12-7-3-6(9(10)11)4-8(5-7)13-2;;/h2*3-5H,1-2H3,(H,10,11);;1H2/q;;+1;/p-1. The molecule has 3 N–H and O–H groups in total. The lowest BCUT2D eigenvalue weighted by atomic mass is 10.2. The van der Waals surface area contributed by atoms with Crippen molar-refractivity contribution in [3.8, 4) is 23.0 Å². The number of benzene rings is 2. The van der Waals surface area contributed by atoms with Crippen LogP contribution in [0.2, 0.25) is 0 Å². The van der Waals surface area contributed by atoms with Crippen LogP contribution in [0.3, 0.4) is 0 Å². The first kappa shape index (κ1) is 25.1. The maximum Gasteiger partial charge on any atom is 0.363 e. The predicted molar refractivity (Wildman–Crippen MR) is 101 cm³/mol. The zero-order chi connectivity index (χ0) is 21.7. The van der Waals surface area contributed by atoms with Gasteiger partial charge in [-0.2, -0.15) is 0 Å². The van der Waals surface area contributed by atoms with Gasteiger partial charge in [0.15, 0.2) is 0 Å². The minimum Gasteiger partial charge on any atom is -0.529 e. The van der Waals surface area contributed by atoms with Crippen LogP contribution in [0.4, 0.5) is 0 Å². The Morgan fingerprint density at radius 1 is 0.607 bits per heavy atom. The van der Waals surface area contributed by atoms with Crippen molar-refractivity contribution >= 4 is 28.6 Å². The maximum atomic E-state index is 10.6. The SMILES string of the molecule is COc1cc(OC)cc(C(=O)O)c1.COc1cc(OC)cc(C(=O)O)c1.[OH][Al]. The number of carbonyl (C=O) groups is 2. The highest BCUT2D eigenvalue weighted by atomic mass is 27.1. The molecule has 2 aromatic rings. The number of methoxy groups -OCH3 is 4. The summed E-state index contributed by atoms with van der Waals surface area (Å²) in [5.74, 6) is -0.128. The lowest BCUT2D eigenvalue weighted by molar-refractivity contribution is 0.0685. The number of carboxylic acids is 2. The molecule has 10 heteroatoms. The molecule has 0 aliphatic carbocycles. The summed E-state index contributed by atoms with van der Waals surface area (Å²) in [5.41, 5.74) is 0.299. The molecule has 0 saturated carbocycles. The maximum absolute atomic E-state index is 10.6. The smallest absolute Gasteiger partial charge is 0.363 e. The first-order chi connectivity index (χ1) is 13.3. The van der Waals surface area contributed by atoms with Crippen molar-refractivity contribution in [3.63, 3.8) is 0 Å². The number of ether oxygens (including phenoxy) is 4. The van der Waals surface area contributed by atoms with Gasteiger partial charge in [-0.25, -0.2) is 9.59 Å². The van der Waals surface area contributed by atoms with E-state index in [2.05, 4.69) is 0 Å². The monoisotopic (exact) mass is 408 g/mol. The Labute approximate surface area is 170 Å². The van der Waals surface area contributed by atoms with Crippen LogP contribution < -0.4 is 18.9 Å². The van der Waals surface area contributed by atoms with Gasteiger partial charge in [-0.3, -0.25) is 0 Å². The molecule has 0 heterocycles. The molecule has 0 amide bonds. The molecular formula is C18H21AlO9. The van der Waals surface area contributed by atoms with Crippen molar-refractivity contribution in [1.82, 2.24) is 0 Å². The summed E-state index contributed by atoms with van der Waals surface area (Å²) in [6.45, 7) is 0. The van der Waals surface area contributed by atoms with E-state index >= 15 is 0 Å². The first-order valence-electron chi connectivity index (χ1n) is 7.53. The van der Waals surface area contributed by atoms with Gasteiger partial charge in [0.25, 0.3) is 0 Å². The van der Waals surface area contributed by atoms with Gasteiger partial charge in [-0.1, -0.05) is 0 Å². The molecule has 0 aliphatic heterocycles. The Hall–Kier alpha value is -2.93. The van der Waals surface area contributed by atoms with E-state index in [1.807, 2.05) is 0 Å². The molecule has 150 valence electrons. The van der Waals surface area contributed by atoms with E-state index in [9.17, 15) is 9.59 Å². The number of carboxylic acid groups (broad SMARTS) is 2. The summed E-state index contributed by atoms with van der Waals surface area (Å²) in [7, 11) is 5.89. The van der Waals surface area contributed by atoms with Crippen LogP contribution >= 0.6 is 0 Å². The van der Waals surface area contributed by atoms with E-state index in [1.165, 1.54) is 69.3 Å². The molecule has 2 aromatic carbocycles. The Balaban J connectivity index is 0.000000478. The molecule has 9 nitrogen and oxygen atoms in total. The zero-order valence-electron chi connectivity index (χ0n) is 15.8. The molecule has 0 unspecified atom stereocenters. The van der Waals surface area contributed by atoms with E-state index in [4.69, 9.17) is 33.3 Å². The summed E-state index contributed by atoms with van der Waals surface area (Å²) in [5, 5.41) is 17.4. The van der Waals surface area contributed by atoms with Gasteiger partial charge in [0, 0.05) is 12.1 Å². The highest BCUT2D eigenvalue weighted by molar-refractivity contribution is 5.95. The Morgan fingerprint density at radius 3 is 0.964 bits per heavy atom. The van der Waals surface area contributed by atoms with E-state index in [1.54, 1.807) is 12.1 Å². The number of hydrogen-bond acceptors (Lipinski definition) is 7. The number of hydrogen-bond donors (Lipinski definition) is 3. The molecule has 0 saturated heterocycles. The third kappa shape index (κ3) is 8.18. The van der Waals surface area contributed by atoms with Gasteiger partial charge >= 0.3 is 28.6 Å². The van der Waals surface area contributed by atoms with Crippen LogP contribution in [0.25, 0.3) is 0 Å². The summed E-state index contributed by atoms with van der Waals surface area (Å²) in [6, 6.07) is 8.98. The van der Waals surface area contributed by atoms with Gasteiger partial charge in [-0.15, -0.1) is 0 Å². The predicted octanol–water partition coefficient (Wildman–Crippen LogP) is 1.87. The molecule has 0 bridgehead atoms. The molecular weight excluding hydrogens is 387 g/mol. The van der Waals surface area contributed by atoms with E-state index < -0.39 is 11.9 Å². The molecule has 0 atom stereocenters. The second kappa shape index (κ2) is 13.3. The van der Waals surface area contributed by atoms with Crippen LogP contribution in [0, 0.1) is 0 Å². The van der Waals surface area contributed by atoms with Crippen molar-refractivity contribution in [1.29, 1.82) is 0 Å². The topological polar surface area (TPSA) is 132 Å². The van der Waals surface area contributed by atoms with Crippen LogP contribution in [-0.4, -0.2) is 71.4 Å². The highest BCUT2D eigenvalue weighted by Crippen LogP contribution is 2.23. The Bertz CT molecular complexity index is 668. The van der Waals surface area contributed by atoms with E-state index in [0.717, 1.165) is 0 Å². The van der Waals surface area contributed by atoms with Crippen molar-refractivity contribution in [2.75, 3.05) is 28.4 Å². The third-order valence-electron chi connectivity index (χ3n) is 3.20. The fourth-order valence-corrected chi connectivity index (χ4v) is 1.86. The van der Waals surface area contributed by atoms with Crippen molar-refractivity contribution < 1.29 is 42.9 Å². The molecule has 0 aromatic heterocycles. The van der Waals surface area contributed by atoms with Crippen molar-refractivity contribution in [3.05, 3.63) is 47.5 Å². The summed E-state index contributed by atoms with van der Waals surface area (Å²) >= 11 is 1.42. The molecule has 28 heavy (non-hydrogen) atoms. The lowest BCUT2D eigenvalue weighted by Crippen LogP contribution is -1.98. The highest BCUT2D eigenvalue weighted by Gasteiger charge is 2.08. The molecule has 0 spiro atoms. The molecule has 2 radical (unpaired) electrons. The largest absolute Gasteiger partial charge is 0.529 e. The van der Waals surface area contributed by atoms with Gasteiger partial charge in [0.2, 0.25) is 0 Å². The van der Waals surface area contributed by atoms with Crippen LogP contribution in [0.5, 0.6) is 23.0 Å². The van der Waals surface area contributed by atoms with Gasteiger partial charge in [-0.05, 0) is 24.3 Å². The van der Waals surface area contributed by atoms with Crippen LogP contribution in [0.15, 0.2) is 36.4 Å². The fourth-order valence-electron chi connectivity index (χ4n) is 1.86. The van der Waals surface area contributed by atoms with Gasteiger partial charge in [0.1, 0.15) is 23.0 Å². The van der Waals surface area contributed by atoms with Gasteiger partial charge < -0.3 is 33.3 Å². The average molecular weight is 408 g/mol. The van der Waals surface area contributed by atoms with Crippen molar-refractivity contribution in [2.24, 2.45) is 0 Å². The quantitative estimate of drug-likeness (QED) is 0.613. The summed E-state index contributed by atoms with van der Waals surface area (Å²) in [4.78, 5) is 21.3. The second-order valence-electron chi connectivity index (χ2n) is 4.81. The summed E-state index contributed by atoms with van der Waals surface area (Å²) < 4.78 is 26.5. The Morgan fingerprint density at radius 2 is 0.821 bits per heavy atom. The van der Waals surface area contributed by atoms with E-state index in [0.29, 0.717) is 23.0 Å². The average Bonchev–Trinajstić information content (AvgIpc) is 2.74. The minimum absolute atomic E-state index is 0.149. The van der Waals surface area contributed by atoms with Gasteiger partial charge in [0.05, 0.1) is 39.6 Å². The third-order valence-corrected chi connectivity index (χ3v) is 3.20. The Kier molecular flexibility index (Phi) is 11.9. The van der Waals surface area contributed by atoms with E-state index in [-0.39, 0.29) is 11.1 Å². The molecule has 0 fully saturated rings. The zero-order valence-corrected chi connectivity index (χ0v) is 17.0. The normalized spacial score (nSPS) is 8.89. The second-order valence-corrected chi connectivity index (χ2v) is 4.81. The number of aromatic carboxylic acids is 2. The van der Waals surface area contributed by atoms with Crippen LogP contribution in [-0.2, 0) is 0 Å².